The third-order valence-corrected chi connectivity index (χ3v) is 3.31. The molecule has 0 aromatic carbocycles. The molecule has 1 heterocycles. The lowest BCUT2D eigenvalue weighted by atomic mass is 9.70. The molecule has 1 aliphatic heterocycles. The van der Waals surface area contributed by atoms with E-state index in [4.69, 9.17) is 5.26 Å². The summed E-state index contributed by atoms with van der Waals surface area (Å²) < 4.78 is 0. The largest absolute Gasteiger partial charge is 0.297 e. The molecule has 0 aromatic heterocycles. The standard InChI is InChI=1S/C10H14N2/c11-7-9-1-3-10(4-2-9)5-6-12-8-10/h6,9H,1-5,8H2. The van der Waals surface area contributed by atoms with Crippen LogP contribution < -0.4 is 0 Å². The minimum atomic E-state index is 0.330. The van der Waals surface area contributed by atoms with Crippen LogP contribution in [0.1, 0.15) is 32.1 Å². The van der Waals surface area contributed by atoms with Gasteiger partial charge in [-0.25, -0.2) is 0 Å². The van der Waals surface area contributed by atoms with Crippen molar-refractivity contribution < 1.29 is 0 Å². The van der Waals surface area contributed by atoms with E-state index in [1.165, 1.54) is 12.8 Å². The fourth-order valence-electron chi connectivity index (χ4n) is 2.30. The normalized spacial score (nSPS) is 40.1. The van der Waals surface area contributed by atoms with E-state index in [0.29, 0.717) is 11.3 Å². The number of nitriles is 1. The number of rotatable bonds is 0. The molecule has 0 N–H and O–H groups in total. The van der Waals surface area contributed by atoms with E-state index in [2.05, 4.69) is 17.3 Å². The highest BCUT2D eigenvalue weighted by molar-refractivity contribution is 5.61. The molecule has 0 amide bonds. The monoisotopic (exact) mass is 162 g/mol. The molecule has 1 spiro atoms. The van der Waals surface area contributed by atoms with Gasteiger partial charge in [-0.15, -0.1) is 0 Å². The quantitative estimate of drug-likeness (QED) is 0.537. The van der Waals surface area contributed by atoms with Gasteiger partial charge < -0.3 is 0 Å². The van der Waals surface area contributed by atoms with Crippen LogP contribution in [0.3, 0.4) is 0 Å². The van der Waals surface area contributed by atoms with Crippen molar-refractivity contribution in [2.45, 2.75) is 32.1 Å². The lowest BCUT2D eigenvalue weighted by molar-refractivity contribution is 0.197. The van der Waals surface area contributed by atoms with Gasteiger partial charge in [-0.05, 0) is 43.7 Å². The summed E-state index contributed by atoms with van der Waals surface area (Å²) in [5.41, 5.74) is 0.480. The summed E-state index contributed by atoms with van der Waals surface area (Å²) in [5.74, 6) is 0.330. The van der Waals surface area contributed by atoms with Crippen molar-refractivity contribution in [3.63, 3.8) is 0 Å². The molecular formula is C10H14N2. The van der Waals surface area contributed by atoms with Crippen molar-refractivity contribution in [3.8, 4) is 6.07 Å². The van der Waals surface area contributed by atoms with Crippen molar-refractivity contribution in [1.82, 2.24) is 0 Å². The second-order valence-corrected chi connectivity index (χ2v) is 4.13. The highest BCUT2D eigenvalue weighted by atomic mass is 14.8. The zero-order valence-electron chi connectivity index (χ0n) is 7.29. The molecule has 2 rings (SSSR count). The van der Waals surface area contributed by atoms with Crippen LogP contribution in [0.4, 0.5) is 0 Å². The lowest BCUT2D eigenvalue weighted by Gasteiger charge is -2.33. The Bertz CT molecular complexity index is 219. The predicted octanol–water partition coefficient (Wildman–Crippen LogP) is 2.16. The summed E-state index contributed by atoms with van der Waals surface area (Å²) in [7, 11) is 0. The smallest absolute Gasteiger partial charge is 0.0655 e. The molecule has 64 valence electrons. The van der Waals surface area contributed by atoms with Gasteiger partial charge in [-0.1, -0.05) is 0 Å². The molecule has 0 unspecified atom stereocenters. The fourth-order valence-corrected chi connectivity index (χ4v) is 2.30. The topological polar surface area (TPSA) is 36.1 Å². The molecule has 1 saturated carbocycles. The van der Waals surface area contributed by atoms with Gasteiger partial charge in [0, 0.05) is 12.5 Å². The van der Waals surface area contributed by atoms with Crippen LogP contribution in [0.5, 0.6) is 0 Å². The first kappa shape index (κ1) is 7.79. The van der Waals surface area contributed by atoms with Crippen LogP contribution >= 0.6 is 0 Å². The summed E-state index contributed by atoms with van der Waals surface area (Å²) >= 11 is 0. The predicted molar refractivity (Wildman–Crippen MR) is 48.0 cm³/mol. The van der Waals surface area contributed by atoms with Crippen LogP contribution in [0, 0.1) is 22.7 Å². The summed E-state index contributed by atoms with van der Waals surface area (Å²) in [6.07, 6.45) is 7.84. The van der Waals surface area contributed by atoms with E-state index in [0.717, 1.165) is 25.8 Å². The van der Waals surface area contributed by atoms with Gasteiger partial charge in [0.25, 0.3) is 0 Å². The van der Waals surface area contributed by atoms with Gasteiger partial charge in [0.15, 0.2) is 0 Å². The molecule has 2 aliphatic rings. The van der Waals surface area contributed by atoms with Crippen molar-refractivity contribution >= 4 is 6.21 Å². The molecule has 0 atom stereocenters. The zero-order chi connectivity index (χ0) is 8.44. The molecule has 0 radical (unpaired) electrons. The number of aliphatic imine (C=N–C) groups is 1. The molecule has 0 aromatic rings. The van der Waals surface area contributed by atoms with Gasteiger partial charge in [-0.2, -0.15) is 5.26 Å². The summed E-state index contributed by atoms with van der Waals surface area (Å²) in [4.78, 5) is 4.30. The average molecular weight is 162 g/mol. The lowest BCUT2D eigenvalue weighted by Crippen LogP contribution is -2.27. The Hall–Kier alpha value is -0.840. The number of hydrogen-bond acceptors (Lipinski definition) is 2. The molecule has 12 heavy (non-hydrogen) atoms. The van der Waals surface area contributed by atoms with Crippen molar-refractivity contribution in [3.05, 3.63) is 0 Å². The van der Waals surface area contributed by atoms with Crippen LogP contribution in [-0.2, 0) is 0 Å². The summed E-state index contributed by atoms with van der Waals surface area (Å²) in [6.45, 7) is 1.02. The average Bonchev–Trinajstić information content (AvgIpc) is 2.55. The van der Waals surface area contributed by atoms with Gasteiger partial charge in [-0.3, -0.25) is 4.99 Å². The van der Waals surface area contributed by atoms with E-state index in [9.17, 15) is 0 Å². The summed E-state index contributed by atoms with van der Waals surface area (Å²) in [5, 5.41) is 8.74. The van der Waals surface area contributed by atoms with E-state index in [1.54, 1.807) is 0 Å². The van der Waals surface area contributed by atoms with Gasteiger partial charge in [0.2, 0.25) is 0 Å². The molecule has 0 bridgehead atoms. The SMILES string of the molecule is N#CC1CCC2(CC=NC2)CC1. The zero-order valence-corrected chi connectivity index (χ0v) is 7.29. The highest BCUT2D eigenvalue weighted by Crippen LogP contribution is 2.43. The maximum Gasteiger partial charge on any atom is 0.0655 e. The van der Waals surface area contributed by atoms with Crippen molar-refractivity contribution in [2.75, 3.05) is 6.54 Å². The van der Waals surface area contributed by atoms with Crippen LogP contribution in [0.2, 0.25) is 0 Å². The third kappa shape index (κ3) is 1.24. The molecule has 2 heteroatoms. The maximum atomic E-state index is 8.74. The van der Waals surface area contributed by atoms with Crippen molar-refractivity contribution in [1.29, 1.82) is 5.26 Å². The van der Waals surface area contributed by atoms with Crippen LogP contribution in [0.25, 0.3) is 0 Å². The minimum absolute atomic E-state index is 0.330. The van der Waals surface area contributed by atoms with Crippen LogP contribution in [-0.4, -0.2) is 12.8 Å². The first-order chi connectivity index (χ1) is 5.85. The Labute approximate surface area is 73.3 Å². The second kappa shape index (κ2) is 2.90. The Kier molecular flexibility index (Phi) is 1.88. The van der Waals surface area contributed by atoms with E-state index in [1.807, 2.05) is 0 Å². The maximum absolute atomic E-state index is 8.74. The van der Waals surface area contributed by atoms with E-state index >= 15 is 0 Å². The van der Waals surface area contributed by atoms with E-state index < -0.39 is 0 Å². The highest BCUT2D eigenvalue weighted by Gasteiger charge is 2.36. The Balaban J connectivity index is 1.95. The van der Waals surface area contributed by atoms with Crippen molar-refractivity contribution in [2.24, 2.45) is 16.3 Å². The van der Waals surface area contributed by atoms with Gasteiger partial charge in [0.1, 0.15) is 0 Å². The fraction of sp³-hybridized carbons (Fsp3) is 0.800. The Morgan fingerprint density at radius 3 is 2.67 bits per heavy atom. The molecule has 2 nitrogen and oxygen atoms in total. The Morgan fingerprint density at radius 2 is 2.17 bits per heavy atom. The second-order valence-electron chi connectivity index (χ2n) is 4.13. The number of hydrogen-bond donors (Lipinski definition) is 0. The first-order valence-corrected chi connectivity index (χ1v) is 4.73. The number of nitrogens with zero attached hydrogens (tertiary/aromatic N) is 2. The summed E-state index contributed by atoms with van der Waals surface area (Å²) in [6, 6.07) is 2.37. The molecule has 1 fully saturated rings. The Morgan fingerprint density at radius 1 is 1.42 bits per heavy atom. The molecule has 1 aliphatic carbocycles. The molecule has 0 saturated heterocycles. The van der Waals surface area contributed by atoms with Gasteiger partial charge >= 0.3 is 0 Å². The minimum Gasteiger partial charge on any atom is -0.297 e. The molecular weight excluding hydrogens is 148 g/mol. The van der Waals surface area contributed by atoms with Gasteiger partial charge in [0.05, 0.1) is 6.07 Å². The van der Waals surface area contributed by atoms with Crippen LogP contribution in [0.15, 0.2) is 4.99 Å². The third-order valence-electron chi connectivity index (χ3n) is 3.31. The first-order valence-electron chi connectivity index (χ1n) is 4.73. The van der Waals surface area contributed by atoms with E-state index in [-0.39, 0.29) is 0 Å².